The topological polar surface area (TPSA) is 56.1 Å². The third-order valence-corrected chi connectivity index (χ3v) is 4.81. The monoisotopic (exact) mass is 333 g/mol. The largest absolute Gasteiger partial charge is 0.375 e. The summed E-state index contributed by atoms with van der Waals surface area (Å²) >= 11 is 0. The molecule has 1 aliphatic rings. The molecule has 1 N–H and O–H groups in total. The number of nitrogens with one attached hydrogen (secondary N) is 1. The van der Waals surface area contributed by atoms with E-state index in [0.717, 1.165) is 38.0 Å². The van der Waals surface area contributed by atoms with Gasteiger partial charge in [0.2, 0.25) is 5.91 Å². The van der Waals surface area contributed by atoms with Gasteiger partial charge in [0.25, 0.3) is 0 Å². The van der Waals surface area contributed by atoms with Crippen molar-refractivity contribution in [2.45, 2.75) is 19.3 Å². The molecule has 1 amide bonds. The number of rotatable bonds is 5. The van der Waals surface area contributed by atoms with E-state index in [0.29, 0.717) is 11.5 Å². The number of nitrogens with zero attached hydrogens (tertiary/aromatic N) is 2. The highest BCUT2D eigenvalue weighted by molar-refractivity contribution is 5.81. The zero-order chi connectivity index (χ0) is 17.5. The van der Waals surface area contributed by atoms with Gasteiger partial charge < -0.3 is 10.2 Å². The third-order valence-electron chi connectivity index (χ3n) is 4.81. The van der Waals surface area contributed by atoms with Crippen molar-refractivity contribution in [1.82, 2.24) is 4.90 Å². The second-order valence-electron chi connectivity index (χ2n) is 6.52. The lowest BCUT2D eigenvalue weighted by Crippen LogP contribution is -2.41. The van der Waals surface area contributed by atoms with Crippen LogP contribution in [0.5, 0.6) is 0 Å². The molecule has 4 nitrogen and oxygen atoms in total. The molecule has 0 spiro atoms. The molecule has 0 unspecified atom stereocenters. The lowest BCUT2D eigenvalue weighted by Gasteiger charge is -2.32. The Kier molecular flexibility index (Phi) is 5.69. The van der Waals surface area contributed by atoms with Gasteiger partial charge in [0.1, 0.15) is 6.07 Å². The first-order chi connectivity index (χ1) is 12.3. The molecule has 0 radical (unpaired) electrons. The first-order valence-electron chi connectivity index (χ1n) is 8.81. The van der Waals surface area contributed by atoms with Gasteiger partial charge in [-0.25, -0.2) is 0 Å². The van der Waals surface area contributed by atoms with Crippen LogP contribution in [-0.2, 0) is 11.2 Å². The van der Waals surface area contributed by atoms with Crippen molar-refractivity contribution in [2.24, 2.45) is 5.92 Å². The summed E-state index contributed by atoms with van der Waals surface area (Å²) in [6.45, 7) is 1.87. The Balaban J connectivity index is 1.46. The third kappa shape index (κ3) is 4.60. The quantitative estimate of drug-likeness (QED) is 0.912. The molecule has 0 bridgehead atoms. The van der Waals surface area contributed by atoms with Crippen LogP contribution in [0.4, 0.5) is 5.69 Å². The Bertz CT molecular complexity index is 743. The van der Waals surface area contributed by atoms with Crippen LogP contribution in [-0.4, -0.2) is 30.4 Å². The minimum Gasteiger partial charge on any atom is -0.375 e. The Morgan fingerprint density at radius 3 is 2.48 bits per heavy atom. The van der Waals surface area contributed by atoms with Crippen molar-refractivity contribution in [1.29, 1.82) is 5.26 Å². The maximum Gasteiger partial charge on any atom is 0.241 e. The predicted molar refractivity (Wildman–Crippen MR) is 99.1 cm³/mol. The number of nitriles is 1. The fourth-order valence-corrected chi connectivity index (χ4v) is 3.35. The lowest BCUT2D eigenvalue weighted by atomic mass is 9.90. The van der Waals surface area contributed by atoms with Crippen molar-refractivity contribution in [3.8, 4) is 6.07 Å². The summed E-state index contributed by atoms with van der Waals surface area (Å²) in [5.41, 5.74) is 2.66. The average Bonchev–Trinajstić information content (AvgIpc) is 2.67. The number of benzene rings is 2. The van der Waals surface area contributed by atoms with Gasteiger partial charge in [0.15, 0.2) is 0 Å². The maximum atomic E-state index is 12.4. The molecule has 1 fully saturated rings. The van der Waals surface area contributed by atoms with Crippen LogP contribution >= 0.6 is 0 Å². The predicted octanol–water partition coefficient (Wildman–Crippen LogP) is 3.45. The number of amides is 1. The first kappa shape index (κ1) is 17.0. The molecule has 1 heterocycles. The molecular formula is C21H23N3O. The number of likely N-dealkylation sites (tertiary alicyclic amines) is 1. The van der Waals surface area contributed by atoms with E-state index >= 15 is 0 Å². The molecule has 1 aliphatic heterocycles. The molecule has 4 heteroatoms. The van der Waals surface area contributed by atoms with Gasteiger partial charge in [-0.2, -0.15) is 5.26 Å². The molecule has 2 aromatic rings. The summed E-state index contributed by atoms with van der Waals surface area (Å²) in [5, 5.41) is 12.2. The number of para-hydroxylation sites is 1. The summed E-state index contributed by atoms with van der Waals surface area (Å²) in [6.07, 6.45) is 3.20. The number of anilines is 1. The lowest BCUT2D eigenvalue weighted by molar-refractivity contribution is -0.130. The van der Waals surface area contributed by atoms with E-state index < -0.39 is 0 Å². The normalized spacial score (nSPS) is 14.8. The molecule has 128 valence electrons. The van der Waals surface area contributed by atoms with Gasteiger partial charge in [-0.05, 0) is 42.9 Å². The van der Waals surface area contributed by atoms with Crippen molar-refractivity contribution in [3.63, 3.8) is 0 Å². The number of hydrogen-bond donors (Lipinski definition) is 1. The molecular weight excluding hydrogens is 310 g/mol. The summed E-state index contributed by atoms with van der Waals surface area (Å²) < 4.78 is 0. The zero-order valence-electron chi connectivity index (χ0n) is 14.3. The van der Waals surface area contributed by atoms with Crippen LogP contribution in [0.1, 0.15) is 24.0 Å². The Hall–Kier alpha value is -2.80. The molecule has 2 aromatic carbocycles. The van der Waals surface area contributed by atoms with E-state index in [-0.39, 0.29) is 12.5 Å². The smallest absolute Gasteiger partial charge is 0.241 e. The Labute approximate surface area is 149 Å². The second-order valence-corrected chi connectivity index (χ2v) is 6.52. The minimum atomic E-state index is 0.103. The van der Waals surface area contributed by atoms with Gasteiger partial charge in [0, 0.05) is 13.1 Å². The highest BCUT2D eigenvalue weighted by Gasteiger charge is 2.22. The van der Waals surface area contributed by atoms with Gasteiger partial charge in [-0.1, -0.05) is 42.5 Å². The van der Waals surface area contributed by atoms with E-state index in [2.05, 4.69) is 35.7 Å². The molecule has 25 heavy (non-hydrogen) atoms. The van der Waals surface area contributed by atoms with Crippen molar-refractivity contribution in [2.75, 3.05) is 25.0 Å². The number of carbonyl (C=O) groups is 1. The van der Waals surface area contributed by atoms with Gasteiger partial charge in [-0.15, -0.1) is 0 Å². The molecule has 0 saturated carbocycles. The van der Waals surface area contributed by atoms with Crippen molar-refractivity contribution >= 4 is 11.6 Å². The molecule has 1 saturated heterocycles. The Morgan fingerprint density at radius 1 is 1.08 bits per heavy atom. The van der Waals surface area contributed by atoms with Crippen molar-refractivity contribution < 1.29 is 4.79 Å². The standard InChI is InChI=1S/C21H23N3O/c22-15-19-8-4-5-9-20(19)23-16-21(25)24-12-10-18(11-13-24)14-17-6-2-1-3-7-17/h1-9,18,23H,10-14,16H2. The fourth-order valence-electron chi connectivity index (χ4n) is 3.35. The molecule has 0 atom stereocenters. The SMILES string of the molecule is N#Cc1ccccc1NCC(=O)N1CCC(Cc2ccccc2)CC1. The van der Waals surface area contributed by atoms with Crippen LogP contribution in [0.3, 0.4) is 0 Å². The van der Waals surface area contributed by atoms with Crippen LogP contribution in [0.2, 0.25) is 0 Å². The van der Waals surface area contributed by atoms with Gasteiger partial charge in [-0.3, -0.25) is 4.79 Å². The second kappa shape index (κ2) is 8.34. The summed E-state index contributed by atoms with van der Waals surface area (Å²) in [7, 11) is 0. The Morgan fingerprint density at radius 2 is 1.76 bits per heavy atom. The first-order valence-corrected chi connectivity index (χ1v) is 8.81. The molecule has 0 aliphatic carbocycles. The zero-order valence-corrected chi connectivity index (χ0v) is 14.3. The highest BCUT2D eigenvalue weighted by Crippen LogP contribution is 2.22. The van der Waals surface area contributed by atoms with E-state index in [1.165, 1.54) is 5.56 Å². The minimum absolute atomic E-state index is 0.103. The molecule has 3 rings (SSSR count). The number of carbonyl (C=O) groups excluding carboxylic acids is 1. The van der Waals surface area contributed by atoms with Crippen LogP contribution in [0.25, 0.3) is 0 Å². The fraction of sp³-hybridized carbons (Fsp3) is 0.333. The van der Waals surface area contributed by atoms with E-state index in [9.17, 15) is 4.79 Å². The van der Waals surface area contributed by atoms with Gasteiger partial charge in [0.05, 0.1) is 17.8 Å². The van der Waals surface area contributed by atoms with E-state index in [1.54, 1.807) is 6.07 Å². The average molecular weight is 333 g/mol. The van der Waals surface area contributed by atoms with E-state index in [1.807, 2.05) is 29.2 Å². The highest BCUT2D eigenvalue weighted by atomic mass is 16.2. The van der Waals surface area contributed by atoms with Gasteiger partial charge >= 0.3 is 0 Å². The molecule has 0 aromatic heterocycles. The number of piperidine rings is 1. The maximum absolute atomic E-state index is 12.4. The summed E-state index contributed by atoms with van der Waals surface area (Å²) in [6, 6.07) is 20.0. The summed E-state index contributed by atoms with van der Waals surface area (Å²) in [4.78, 5) is 14.4. The van der Waals surface area contributed by atoms with Crippen LogP contribution in [0.15, 0.2) is 54.6 Å². The van der Waals surface area contributed by atoms with Crippen molar-refractivity contribution in [3.05, 3.63) is 65.7 Å². The summed E-state index contributed by atoms with van der Waals surface area (Å²) in [5.74, 6) is 0.754. The van der Waals surface area contributed by atoms with E-state index in [4.69, 9.17) is 5.26 Å². The van der Waals surface area contributed by atoms with Crippen LogP contribution < -0.4 is 5.32 Å². The van der Waals surface area contributed by atoms with Crippen LogP contribution in [0, 0.1) is 17.2 Å². The number of hydrogen-bond acceptors (Lipinski definition) is 3.